The number of nitrogens with one attached hydrogen (secondary N) is 1. The third kappa shape index (κ3) is 9.50. The van der Waals surface area contributed by atoms with Crippen molar-refractivity contribution >= 4 is 17.7 Å². The number of hydrogen-bond donors (Lipinski definition) is 3. The predicted octanol–water partition coefficient (Wildman–Crippen LogP) is 2.04. The van der Waals surface area contributed by atoms with Gasteiger partial charge in [0.1, 0.15) is 6.04 Å². The summed E-state index contributed by atoms with van der Waals surface area (Å²) >= 11 is 0. The van der Waals surface area contributed by atoms with E-state index in [2.05, 4.69) is 12.2 Å². The van der Waals surface area contributed by atoms with E-state index in [0.717, 1.165) is 32.1 Å². The highest BCUT2D eigenvalue weighted by Gasteiger charge is 2.25. The second-order valence-corrected chi connectivity index (χ2v) is 5.63. The Morgan fingerprint density at radius 1 is 1.00 bits per heavy atom. The molecule has 0 bridgehead atoms. The van der Waals surface area contributed by atoms with Gasteiger partial charge >= 0.3 is 5.97 Å². The lowest BCUT2D eigenvalue weighted by Crippen LogP contribution is -2.45. The van der Waals surface area contributed by atoms with Crippen LogP contribution in [0.2, 0.25) is 0 Å². The zero-order valence-corrected chi connectivity index (χ0v) is 13.6. The average molecular weight is 315 g/mol. The Kier molecular flexibility index (Phi) is 11.4. The summed E-state index contributed by atoms with van der Waals surface area (Å²) in [6, 6.07) is -1.22. The molecule has 0 unspecified atom stereocenters. The lowest BCUT2D eigenvalue weighted by Gasteiger charge is -2.17. The van der Waals surface area contributed by atoms with Crippen LogP contribution in [-0.4, -0.2) is 40.0 Å². The molecule has 0 aliphatic heterocycles. The summed E-state index contributed by atoms with van der Waals surface area (Å²) in [4.78, 5) is 34.5. The number of unbranched alkanes of at least 4 members (excludes halogenated alkanes) is 4. The summed E-state index contributed by atoms with van der Waals surface area (Å²) in [5.41, 5.74) is 0. The highest BCUT2D eigenvalue weighted by Crippen LogP contribution is 2.08. The fourth-order valence-electron chi connectivity index (χ4n) is 2.12. The van der Waals surface area contributed by atoms with E-state index in [4.69, 9.17) is 5.11 Å². The predicted molar refractivity (Wildman–Crippen MR) is 83.5 cm³/mol. The van der Waals surface area contributed by atoms with Crippen molar-refractivity contribution in [1.82, 2.24) is 5.32 Å². The molecule has 3 N–H and O–H groups in total. The number of Topliss-reactive ketones (excluding diaryl/α,β-unsaturated/α-hetero) is 1. The van der Waals surface area contributed by atoms with Gasteiger partial charge in [-0.25, -0.2) is 4.79 Å². The molecule has 128 valence electrons. The summed E-state index contributed by atoms with van der Waals surface area (Å²) in [7, 11) is 0. The minimum absolute atomic E-state index is 0.0792. The molecule has 0 fully saturated rings. The van der Waals surface area contributed by atoms with Gasteiger partial charge in [-0.2, -0.15) is 0 Å². The lowest BCUT2D eigenvalue weighted by atomic mass is 10.0. The molecule has 0 saturated heterocycles. The smallest absolute Gasteiger partial charge is 0.326 e. The lowest BCUT2D eigenvalue weighted by molar-refractivity contribution is -0.145. The van der Waals surface area contributed by atoms with Crippen molar-refractivity contribution in [3.05, 3.63) is 0 Å². The van der Waals surface area contributed by atoms with Crippen molar-refractivity contribution < 1.29 is 24.6 Å². The van der Waals surface area contributed by atoms with Gasteiger partial charge in [-0.1, -0.05) is 46.0 Å². The van der Waals surface area contributed by atoms with Crippen LogP contribution in [0.25, 0.3) is 0 Å². The van der Waals surface area contributed by atoms with E-state index in [1.54, 1.807) is 0 Å². The molecule has 6 heteroatoms. The fraction of sp³-hybridized carbons (Fsp3) is 0.812. The number of rotatable bonds is 13. The molecule has 0 aliphatic carbocycles. The summed E-state index contributed by atoms with van der Waals surface area (Å²) in [6.07, 6.45) is 5.01. The molecule has 0 saturated carbocycles. The molecule has 0 rings (SSSR count). The first-order chi connectivity index (χ1) is 10.4. The van der Waals surface area contributed by atoms with Gasteiger partial charge in [-0.3, -0.25) is 9.59 Å². The number of carboxylic acids is 1. The molecule has 0 aliphatic rings. The number of hydrogen-bond acceptors (Lipinski definition) is 4. The molecule has 0 aromatic rings. The Morgan fingerprint density at radius 3 is 2.18 bits per heavy atom. The van der Waals surface area contributed by atoms with E-state index in [1.165, 1.54) is 0 Å². The van der Waals surface area contributed by atoms with E-state index in [1.807, 2.05) is 6.92 Å². The van der Waals surface area contributed by atoms with Crippen LogP contribution in [0.1, 0.15) is 71.6 Å². The average Bonchev–Trinajstić information content (AvgIpc) is 2.48. The molecule has 2 atom stereocenters. The molecular formula is C16H29NO5. The molecule has 0 aromatic carbocycles. The Hall–Kier alpha value is -1.43. The number of carboxylic acid groups (broad SMARTS) is 1. The second kappa shape index (κ2) is 12.1. The number of amides is 1. The van der Waals surface area contributed by atoms with Crippen molar-refractivity contribution in [3.63, 3.8) is 0 Å². The maximum Gasteiger partial charge on any atom is 0.326 e. The van der Waals surface area contributed by atoms with Gasteiger partial charge in [0.15, 0.2) is 0 Å². The van der Waals surface area contributed by atoms with Gasteiger partial charge in [-0.05, 0) is 12.8 Å². The van der Waals surface area contributed by atoms with E-state index >= 15 is 0 Å². The summed E-state index contributed by atoms with van der Waals surface area (Å²) in [5.74, 6) is -2.69. The number of aliphatic hydroxyl groups is 1. The summed E-state index contributed by atoms with van der Waals surface area (Å²) in [6.45, 7) is 4.02. The van der Waals surface area contributed by atoms with Gasteiger partial charge in [0.25, 0.3) is 5.91 Å². The first kappa shape index (κ1) is 20.6. The highest BCUT2D eigenvalue weighted by molar-refractivity contribution is 6.36. The quantitative estimate of drug-likeness (QED) is 0.356. The van der Waals surface area contributed by atoms with Gasteiger partial charge < -0.3 is 15.5 Å². The normalized spacial score (nSPS) is 13.4. The third-order valence-corrected chi connectivity index (χ3v) is 3.51. The van der Waals surface area contributed by atoms with Crippen LogP contribution in [0.3, 0.4) is 0 Å². The first-order valence-electron chi connectivity index (χ1n) is 8.16. The SMILES string of the molecule is CCCCCCC(=O)C(=O)N[C@@H](C[C@@H](O)CCCC)C(=O)O. The van der Waals surface area contributed by atoms with Crippen molar-refractivity contribution in [2.45, 2.75) is 83.8 Å². The van der Waals surface area contributed by atoms with Gasteiger partial charge in [0, 0.05) is 12.8 Å². The topological polar surface area (TPSA) is 104 Å². The Balaban J connectivity index is 4.28. The minimum Gasteiger partial charge on any atom is -0.480 e. The third-order valence-electron chi connectivity index (χ3n) is 3.51. The van der Waals surface area contributed by atoms with Crippen LogP contribution in [0, 0.1) is 0 Å². The molecule has 0 heterocycles. The minimum atomic E-state index is -1.23. The van der Waals surface area contributed by atoms with Crippen LogP contribution in [0.15, 0.2) is 0 Å². The molecule has 0 radical (unpaired) electrons. The second-order valence-electron chi connectivity index (χ2n) is 5.63. The molecule has 6 nitrogen and oxygen atoms in total. The number of carbonyl (C=O) groups is 3. The van der Waals surface area contributed by atoms with Gasteiger partial charge in [-0.15, -0.1) is 0 Å². The Morgan fingerprint density at radius 2 is 1.64 bits per heavy atom. The molecule has 0 spiro atoms. The maximum atomic E-state index is 11.7. The van der Waals surface area contributed by atoms with Crippen molar-refractivity contribution in [3.8, 4) is 0 Å². The molecule has 1 amide bonds. The Labute approximate surface area is 132 Å². The summed E-state index contributed by atoms with van der Waals surface area (Å²) < 4.78 is 0. The Bertz CT molecular complexity index is 356. The van der Waals surface area contributed by atoms with Crippen molar-refractivity contribution in [2.75, 3.05) is 0 Å². The number of aliphatic carboxylic acids is 1. The maximum absolute atomic E-state index is 11.7. The molecular weight excluding hydrogens is 286 g/mol. The van der Waals surface area contributed by atoms with Crippen molar-refractivity contribution in [1.29, 1.82) is 0 Å². The number of carbonyl (C=O) groups excluding carboxylic acids is 2. The van der Waals surface area contributed by atoms with Crippen LogP contribution in [0.5, 0.6) is 0 Å². The molecule has 22 heavy (non-hydrogen) atoms. The van der Waals surface area contributed by atoms with Crippen LogP contribution >= 0.6 is 0 Å². The summed E-state index contributed by atoms with van der Waals surface area (Å²) in [5, 5.41) is 21.1. The van der Waals surface area contributed by atoms with Crippen LogP contribution in [-0.2, 0) is 14.4 Å². The zero-order chi connectivity index (χ0) is 17.0. The van der Waals surface area contributed by atoms with Gasteiger partial charge in [0.05, 0.1) is 6.10 Å². The van der Waals surface area contributed by atoms with E-state index in [0.29, 0.717) is 12.8 Å². The standard InChI is InChI=1S/C16H29NO5/c1-3-5-7-8-10-14(19)15(20)17-13(16(21)22)11-12(18)9-6-4-2/h12-13,18H,3-11H2,1-2H3,(H,17,20)(H,21,22)/t12-,13-/m0/s1. The number of aliphatic hydroxyl groups excluding tert-OH is 1. The largest absolute Gasteiger partial charge is 0.480 e. The zero-order valence-electron chi connectivity index (χ0n) is 13.6. The van der Waals surface area contributed by atoms with E-state index in [9.17, 15) is 19.5 Å². The monoisotopic (exact) mass is 315 g/mol. The molecule has 0 aromatic heterocycles. The first-order valence-corrected chi connectivity index (χ1v) is 8.16. The van der Waals surface area contributed by atoms with Gasteiger partial charge in [0.2, 0.25) is 5.78 Å². The van der Waals surface area contributed by atoms with Crippen LogP contribution < -0.4 is 5.32 Å². The fourth-order valence-corrected chi connectivity index (χ4v) is 2.12. The van der Waals surface area contributed by atoms with Crippen molar-refractivity contribution in [2.24, 2.45) is 0 Å². The number of ketones is 1. The van der Waals surface area contributed by atoms with E-state index < -0.39 is 29.8 Å². The highest BCUT2D eigenvalue weighted by atomic mass is 16.4. The van der Waals surface area contributed by atoms with E-state index in [-0.39, 0.29) is 12.8 Å². The van der Waals surface area contributed by atoms with Crippen LogP contribution in [0.4, 0.5) is 0 Å².